The molecule has 0 amide bonds. The van der Waals surface area contributed by atoms with Crippen LogP contribution in [-0.4, -0.2) is 21.0 Å². The maximum atomic E-state index is 11.3. The van der Waals surface area contributed by atoms with Gasteiger partial charge in [-0.3, -0.25) is 10.1 Å². The van der Waals surface area contributed by atoms with Gasteiger partial charge in [-0.05, 0) is 24.3 Å². The van der Waals surface area contributed by atoms with Gasteiger partial charge in [-0.15, -0.1) is 0 Å². The topological polar surface area (TPSA) is 106 Å². The van der Waals surface area contributed by atoms with Gasteiger partial charge in [0, 0.05) is 22.2 Å². The molecule has 7 nitrogen and oxygen atoms in total. The molecule has 22 heavy (non-hydrogen) atoms. The normalized spacial score (nSPS) is 10.8. The number of carboxylic acid groups (broad SMARTS) is 1. The fourth-order valence-electron chi connectivity index (χ4n) is 2.00. The van der Waals surface area contributed by atoms with Gasteiger partial charge < -0.3 is 9.52 Å². The first-order chi connectivity index (χ1) is 10.5. The molecule has 0 aliphatic rings. The molecule has 0 saturated carbocycles. The number of hydrogen-bond acceptors (Lipinski definition) is 5. The highest BCUT2D eigenvalue weighted by atomic mass is 79.9. The summed E-state index contributed by atoms with van der Waals surface area (Å²) >= 11 is 3.31. The molecule has 0 spiro atoms. The Morgan fingerprint density at radius 1 is 1.27 bits per heavy atom. The summed E-state index contributed by atoms with van der Waals surface area (Å²) in [6.07, 6.45) is 0. The lowest BCUT2D eigenvalue weighted by molar-refractivity contribution is -0.384. The highest BCUT2D eigenvalue weighted by Crippen LogP contribution is 2.30. The van der Waals surface area contributed by atoms with Crippen molar-refractivity contribution in [1.82, 2.24) is 4.98 Å². The van der Waals surface area contributed by atoms with E-state index < -0.39 is 10.9 Å². The zero-order valence-corrected chi connectivity index (χ0v) is 12.4. The Labute approximate surface area is 131 Å². The number of carbonyl (C=O) groups is 1. The predicted molar refractivity (Wildman–Crippen MR) is 80.8 cm³/mol. The summed E-state index contributed by atoms with van der Waals surface area (Å²) < 4.78 is 6.36. The van der Waals surface area contributed by atoms with E-state index in [0.717, 1.165) is 10.5 Å². The number of non-ortho nitro benzene ring substituents is 1. The lowest BCUT2D eigenvalue weighted by atomic mass is 10.2. The monoisotopic (exact) mass is 362 g/mol. The standard InChI is InChI=1S/C14H7BrN2O5/c15-8-3-1-7(2-4-8)13-16-11-6-9(17(20)21)5-10(14(18)19)12(11)22-13/h1-6H,(H,18,19). The van der Waals surface area contributed by atoms with Crippen LogP contribution in [0.3, 0.4) is 0 Å². The van der Waals surface area contributed by atoms with Crippen LogP contribution in [-0.2, 0) is 0 Å². The second-order valence-electron chi connectivity index (χ2n) is 4.43. The van der Waals surface area contributed by atoms with E-state index >= 15 is 0 Å². The highest BCUT2D eigenvalue weighted by molar-refractivity contribution is 9.10. The third-order valence-electron chi connectivity index (χ3n) is 3.01. The van der Waals surface area contributed by atoms with Gasteiger partial charge in [0.1, 0.15) is 11.1 Å². The fourth-order valence-corrected chi connectivity index (χ4v) is 2.26. The Bertz CT molecular complexity index is 901. The van der Waals surface area contributed by atoms with Crippen molar-refractivity contribution in [2.24, 2.45) is 0 Å². The Morgan fingerprint density at radius 3 is 2.55 bits per heavy atom. The summed E-state index contributed by atoms with van der Waals surface area (Å²) in [7, 11) is 0. The Morgan fingerprint density at radius 2 is 1.95 bits per heavy atom. The van der Waals surface area contributed by atoms with Crippen molar-refractivity contribution in [2.75, 3.05) is 0 Å². The first-order valence-corrected chi connectivity index (χ1v) is 6.83. The van der Waals surface area contributed by atoms with E-state index in [2.05, 4.69) is 20.9 Å². The van der Waals surface area contributed by atoms with Crippen molar-refractivity contribution < 1.29 is 19.2 Å². The quantitative estimate of drug-likeness (QED) is 0.559. The van der Waals surface area contributed by atoms with Crippen molar-refractivity contribution in [3.8, 4) is 11.5 Å². The van der Waals surface area contributed by atoms with Gasteiger partial charge in [-0.25, -0.2) is 9.78 Å². The summed E-state index contributed by atoms with van der Waals surface area (Å²) in [6.45, 7) is 0. The van der Waals surface area contributed by atoms with Crippen molar-refractivity contribution in [1.29, 1.82) is 0 Å². The molecule has 0 saturated heterocycles. The lowest BCUT2D eigenvalue weighted by Gasteiger charge is -1.96. The van der Waals surface area contributed by atoms with Crippen molar-refractivity contribution in [3.63, 3.8) is 0 Å². The molecule has 0 unspecified atom stereocenters. The highest BCUT2D eigenvalue weighted by Gasteiger charge is 2.21. The SMILES string of the molecule is O=C(O)c1cc([N+](=O)[O-])cc2nc(-c3ccc(Br)cc3)oc12. The Balaban J connectivity index is 2.24. The molecule has 0 fully saturated rings. The molecule has 0 aliphatic carbocycles. The molecule has 8 heteroatoms. The van der Waals surface area contributed by atoms with Crippen LogP contribution in [0, 0.1) is 10.1 Å². The van der Waals surface area contributed by atoms with E-state index in [4.69, 9.17) is 4.42 Å². The minimum atomic E-state index is -1.31. The van der Waals surface area contributed by atoms with Crippen LogP contribution in [0.1, 0.15) is 10.4 Å². The van der Waals surface area contributed by atoms with Gasteiger partial charge in [-0.2, -0.15) is 0 Å². The zero-order valence-electron chi connectivity index (χ0n) is 10.8. The van der Waals surface area contributed by atoms with E-state index in [9.17, 15) is 20.0 Å². The first kappa shape index (κ1) is 14.2. The summed E-state index contributed by atoms with van der Waals surface area (Å²) in [5, 5.41) is 20.1. The van der Waals surface area contributed by atoms with Gasteiger partial charge in [0.2, 0.25) is 5.89 Å². The number of oxazole rings is 1. The van der Waals surface area contributed by atoms with E-state index in [1.165, 1.54) is 6.07 Å². The Kier molecular flexibility index (Phi) is 3.38. The summed E-state index contributed by atoms with van der Waals surface area (Å²) in [6, 6.07) is 9.19. The number of aromatic nitrogens is 1. The molecule has 0 aliphatic heterocycles. The van der Waals surface area contributed by atoms with Crippen molar-refractivity contribution >= 4 is 38.7 Å². The zero-order chi connectivity index (χ0) is 15.9. The third kappa shape index (κ3) is 2.44. The molecular weight excluding hydrogens is 356 g/mol. The van der Waals surface area contributed by atoms with Gasteiger partial charge >= 0.3 is 5.97 Å². The predicted octanol–water partition coefficient (Wildman–Crippen LogP) is 3.86. The number of nitro groups is 1. The summed E-state index contributed by atoms with van der Waals surface area (Å²) in [5.41, 5.74) is 0.138. The van der Waals surface area contributed by atoms with Gasteiger partial charge in [0.05, 0.1) is 4.92 Å². The lowest BCUT2D eigenvalue weighted by Crippen LogP contribution is -1.99. The number of benzene rings is 2. The maximum Gasteiger partial charge on any atom is 0.339 e. The van der Waals surface area contributed by atoms with Crippen LogP contribution >= 0.6 is 15.9 Å². The maximum absolute atomic E-state index is 11.3. The average Bonchev–Trinajstić information content (AvgIpc) is 2.90. The van der Waals surface area contributed by atoms with E-state index in [0.29, 0.717) is 5.56 Å². The smallest absolute Gasteiger partial charge is 0.339 e. The number of nitrogens with zero attached hydrogens (tertiary/aromatic N) is 2. The third-order valence-corrected chi connectivity index (χ3v) is 3.54. The van der Waals surface area contributed by atoms with Crippen LogP contribution < -0.4 is 0 Å². The second kappa shape index (κ2) is 5.23. The van der Waals surface area contributed by atoms with Crippen molar-refractivity contribution in [3.05, 3.63) is 56.5 Å². The number of aromatic carboxylic acids is 1. The van der Waals surface area contributed by atoms with Crippen molar-refractivity contribution in [2.45, 2.75) is 0 Å². The second-order valence-corrected chi connectivity index (χ2v) is 5.35. The largest absolute Gasteiger partial charge is 0.478 e. The number of rotatable bonds is 3. The van der Waals surface area contributed by atoms with Crippen LogP contribution in [0.5, 0.6) is 0 Å². The van der Waals surface area contributed by atoms with Crippen LogP contribution in [0.2, 0.25) is 0 Å². The Hall–Kier alpha value is -2.74. The van der Waals surface area contributed by atoms with Gasteiger partial charge in [-0.1, -0.05) is 15.9 Å². The molecule has 1 aromatic heterocycles. The van der Waals surface area contributed by atoms with Crippen LogP contribution in [0.15, 0.2) is 45.3 Å². The molecular formula is C14H7BrN2O5. The molecule has 0 radical (unpaired) electrons. The van der Waals surface area contributed by atoms with Crippen LogP contribution in [0.4, 0.5) is 5.69 Å². The molecule has 3 aromatic rings. The molecule has 3 rings (SSSR count). The number of fused-ring (bicyclic) bond motifs is 1. The number of hydrogen-bond donors (Lipinski definition) is 1. The molecule has 1 N–H and O–H groups in total. The molecule has 0 atom stereocenters. The number of halogens is 1. The van der Waals surface area contributed by atoms with E-state index in [-0.39, 0.29) is 28.2 Å². The minimum Gasteiger partial charge on any atom is -0.478 e. The molecule has 110 valence electrons. The number of nitro benzene ring substituents is 1. The molecule has 1 heterocycles. The minimum absolute atomic E-state index is 0.0102. The molecule has 0 bridgehead atoms. The van der Waals surface area contributed by atoms with E-state index in [1.54, 1.807) is 24.3 Å². The molecule has 2 aromatic carbocycles. The van der Waals surface area contributed by atoms with Crippen LogP contribution in [0.25, 0.3) is 22.6 Å². The summed E-state index contributed by atoms with van der Waals surface area (Å²) in [5.74, 6) is -1.11. The van der Waals surface area contributed by atoms with Gasteiger partial charge in [0.15, 0.2) is 5.58 Å². The average molecular weight is 363 g/mol. The summed E-state index contributed by atoms with van der Waals surface area (Å²) in [4.78, 5) is 25.6. The first-order valence-electron chi connectivity index (χ1n) is 6.04. The van der Waals surface area contributed by atoms with Gasteiger partial charge in [0.25, 0.3) is 5.69 Å². The number of carboxylic acids is 1. The fraction of sp³-hybridized carbons (Fsp3) is 0. The van der Waals surface area contributed by atoms with E-state index in [1.807, 2.05) is 0 Å².